The lowest BCUT2D eigenvalue weighted by atomic mass is 10.0. The van der Waals surface area contributed by atoms with Crippen molar-refractivity contribution < 1.29 is 0 Å². The standard InChI is InChI=1S/C13H15N3/c1-3-10-8-12(9-15-13(10)14)11-4-6-16(2)7-5-11/h3-6,8-9H,1,7H2,2H3,(H2,14,15). The summed E-state index contributed by atoms with van der Waals surface area (Å²) in [5.74, 6) is 0.524. The minimum absolute atomic E-state index is 0.524. The second-order valence-corrected chi connectivity index (χ2v) is 3.82. The number of likely N-dealkylation sites (N-methyl/N-ethyl adjacent to an activating group) is 1. The summed E-state index contributed by atoms with van der Waals surface area (Å²) in [6, 6.07) is 2.01. The third-order valence-corrected chi connectivity index (χ3v) is 2.61. The smallest absolute Gasteiger partial charge is 0.130 e. The first-order valence-electron chi connectivity index (χ1n) is 5.17. The van der Waals surface area contributed by atoms with E-state index in [-0.39, 0.29) is 0 Å². The van der Waals surface area contributed by atoms with Crippen LogP contribution in [0.5, 0.6) is 0 Å². The quantitative estimate of drug-likeness (QED) is 0.818. The fourth-order valence-corrected chi connectivity index (χ4v) is 1.61. The van der Waals surface area contributed by atoms with Crippen LogP contribution in [-0.2, 0) is 0 Å². The number of nitrogens with two attached hydrogens (primary N) is 1. The molecule has 2 rings (SSSR count). The van der Waals surface area contributed by atoms with Crippen molar-refractivity contribution in [3.05, 3.63) is 48.3 Å². The molecule has 0 amide bonds. The lowest BCUT2D eigenvalue weighted by molar-refractivity contribution is 0.506. The van der Waals surface area contributed by atoms with Crippen LogP contribution in [-0.4, -0.2) is 23.5 Å². The van der Waals surface area contributed by atoms with Gasteiger partial charge in [0.15, 0.2) is 0 Å². The summed E-state index contributed by atoms with van der Waals surface area (Å²) in [4.78, 5) is 6.28. The number of nitrogen functional groups attached to an aromatic ring is 1. The Bertz CT molecular complexity index is 472. The molecule has 0 fully saturated rings. The minimum Gasteiger partial charge on any atom is -0.383 e. The van der Waals surface area contributed by atoms with Crippen LogP contribution in [0.4, 0.5) is 5.82 Å². The van der Waals surface area contributed by atoms with Crippen LogP contribution in [0.2, 0.25) is 0 Å². The molecule has 1 aliphatic rings. The molecule has 0 radical (unpaired) electrons. The average molecular weight is 213 g/mol. The number of rotatable bonds is 2. The molecule has 2 N–H and O–H groups in total. The molecule has 82 valence electrons. The molecular formula is C13H15N3. The van der Waals surface area contributed by atoms with Gasteiger partial charge in [0.1, 0.15) is 5.82 Å². The van der Waals surface area contributed by atoms with Gasteiger partial charge in [0, 0.05) is 30.9 Å². The third-order valence-electron chi connectivity index (χ3n) is 2.61. The van der Waals surface area contributed by atoms with Gasteiger partial charge in [-0.25, -0.2) is 4.98 Å². The number of anilines is 1. The van der Waals surface area contributed by atoms with Gasteiger partial charge in [-0.3, -0.25) is 0 Å². The molecule has 0 bridgehead atoms. The van der Waals surface area contributed by atoms with Crippen LogP contribution >= 0.6 is 0 Å². The number of aromatic nitrogens is 1. The number of nitrogens with zero attached hydrogens (tertiary/aromatic N) is 2. The van der Waals surface area contributed by atoms with Crippen molar-refractivity contribution in [2.75, 3.05) is 19.3 Å². The summed E-state index contributed by atoms with van der Waals surface area (Å²) >= 11 is 0. The molecule has 1 aromatic heterocycles. The van der Waals surface area contributed by atoms with Crippen LogP contribution in [0.1, 0.15) is 11.1 Å². The molecule has 0 unspecified atom stereocenters. The average Bonchev–Trinajstić information content (AvgIpc) is 2.31. The van der Waals surface area contributed by atoms with Crippen molar-refractivity contribution in [1.29, 1.82) is 0 Å². The number of allylic oxidation sites excluding steroid dienone is 2. The van der Waals surface area contributed by atoms with Crippen LogP contribution in [0.15, 0.2) is 37.2 Å². The van der Waals surface area contributed by atoms with Gasteiger partial charge in [-0.05, 0) is 23.9 Å². The Labute approximate surface area is 95.6 Å². The van der Waals surface area contributed by atoms with Crippen molar-refractivity contribution in [3.8, 4) is 0 Å². The van der Waals surface area contributed by atoms with Gasteiger partial charge >= 0.3 is 0 Å². The zero-order valence-electron chi connectivity index (χ0n) is 9.35. The molecule has 16 heavy (non-hydrogen) atoms. The topological polar surface area (TPSA) is 42.2 Å². The first-order valence-corrected chi connectivity index (χ1v) is 5.17. The summed E-state index contributed by atoms with van der Waals surface area (Å²) in [6.45, 7) is 4.64. The molecule has 0 saturated carbocycles. The van der Waals surface area contributed by atoms with E-state index in [9.17, 15) is 0 Å². The minimum atomic E-state index is 0.524. The van der Waals surface area contributed by atoms with Crippen molar-refractivity contribution >= 4 is 17.5 Å². The summed E-state index contributed by atoms with van der Waals surface area (Å²) in [5.41, 5.74) is 8.86. The highest BCUT2D eigenvalue weighted by molar-refractivity contribution is 5.77. The molecule has 0 saturated heterocycles. The molecule has 0 spiro atoms. The highest BCUT2D eigenvalue weighted by atomic mass is 15.1. The van der Waals surface area contributed by atoms with E-state index in [4.69, 9.17) is 5.73 Å². The second kappa shape index (κ2) is 4.23. The fourth-order valence-electron chi connectivity index (χ4n) is 1.61. The maximum Gasteiger partial charge on any atom is 0.130 e. The van der Waals surface area contributed by atoms with Crippen molar-refractivity contribution in [2.24, 2.45) is 0 Å². The van der Waals surface area contributed by atoms with Crippen LogP contribution < -0.4 is 5.73 Å². The summed E-state index contributed by atoms with van der Waals surface area (Å²) < 4.78 is 0. The maximum atomic E-state index is 5.72. The van der Waals surface area contributed by atoms with Gasteiger partial charge in [0.25, 0.3) is 0 Å². The van der Waals surface area contributed by atoms with Gasteiger partial charge < -0.3 is 10.6 Å². The molecule has 3 heteroatoms. The lowest BCUT2D eigenvalue weighted by Gasteiger charge is -2.17. The molecule has 1 aromatic rings. The van der Waals surface area contributed by atoms with E-state index >= 15 is 0 Å². The highest BCUT2D eigenvalue weighted by Crippen LogP contribution is 2.21. The molecule has 1 aliphatic heterocycles. The van der Waals surface area contributed by atoms with Crippen LogP contribution in [0.25, 0.3) is 11.6 Å². The normalized spacial score (nSPS) is 14.8. The Kier molecular flexibility index (Phi) is 2.77. The predicted octanol–water partition coefficient (Wildman–Crippen LogP) is 2.15. The summed E-state index contributed by atoms with van der Waals surface area (Å²) in [5, 5.41) is 0. The SMILES string of the molecule is C=Cc1cc(C2=CCN(C)C=C2)cnc1N. The van der Waals surface area contributed by atoms with Gasteiger partial charge in [-0.1, -0.05) is 18.7 Å². The Morgan fingerprint density at radius 3 is 3.00 bits per heavy atom. The van der Waals surface area contributed by atoms with Crippen molar-refractivity contribution in [2.45, 2.75) is 0 Å². The molecule has 3 nitrogen and oxygen atoms in total. The zero-order valence-corrected chi connectivity index (χ0v) is 9.35. The van der Waals surface area contributed by atoms with E-state index < -0.39 is 0 Å². The van der Waals surface area contributed by atoms with Crippen LogP contribution in [0.3, 0.4) is 0 Å². The van der Waals surface area contributed by atoms with Gasteiger partial charge in [0.05, 0.1) is 0 Å². The molecule has 0 aliphatic carbocycles. The largest absolute Gasteiger partial charge is 0.383 e. The third kappa shape index (κ3) is 1.98. The predicted molar refractivity (Wildman–Crippen MR) is 68.5 cm³/mol. The Morgan fingerprint density at radius 2 is 2.38 bits per heavy atom. The number of pyridine rings is 1. The maximum absolute atomic E-state index is 5.72. The summed E-state index contributed by atoms with van der Waals surface area (Å²) in [7, 11) is 2.04. The Hall–Kier alpha value is -2.03. The number of hydrogen-bond donors (Lipinski definition) is 1. The molecule has 0 atom stereocenters. The van der Waals surface area contributed by atoms with Crippen LogP contribution in [0, 0.1) is 0 Å². The fraction of sp³-hybridized carbons (Fsp3) is 0.154. The molecule has 2 heterocycles. The Balaban J connectivity index is 2.35. The van der Waals surface area contributed by atoms with Gasteiger partial charge in [-0.2, -0.15) is 0 Å². The van der Waals surface area contributed by atoms with Crippen molar-refractivity contribution in [3.63, 3.8) is 0 Å². The number of hydrogen-bond acceptors (Lipinski definition) is 3. The Morgan fingerprint density at radius 1 is 1.56 bits per heavy atom. The van der Waals surface area contributed by atoms with Gasteiger partial charge in [0.2, 0.25) is 0 Å². The van der Waals surface area contributed by atoms with E-state index in [0.717, 1.165) is 17.7 Å². The molecular weight excluding hydrogens is 198 g/mol. The summed E-state index contributed by atoms with van der Waals surface area (Å²) in [6.07, 6.45) is 9.82. The lowest BCUT2D eigenvalue weighted by Crippen LogP contribution is -2.13. The monoisotopic (exact) mass is 213 g/mol. The second-order valence-electron chi connectivity index (χ2n) is 3.82. The van der Waals surface area contributed by atoms with Gasteiger partial charge in [-0.15, -0.1) is 0 Å². The molecule has 0 aromatic carbocycles. The van der Waals surface area contributed by atoms with E-state index in [1.165, 1.54) is 5.57 Å². The first-order chi connectivity index (χ1) is 7.70. The van der Waals surface area contributed by atoms with E-state index in [1.54, 1.807) is 12.3 Å². The van der Waals surface area contributed by atoms with E-state index in [1.807, 2.05) is 13.1 Å². The highest BCUT2D eigenvalue weighted by Gasteiger charge is 2.05. The zero-order chi connectivity index (χ0) is 11.5. The van der Waals surface area contributed by atoms with E-state index in [0.29, 0.717) is 5.82 Å². The van der Waals surface area contributed by atoms with Crippen molar-refractivity contribution in [1.82, 2.24) is 9.88 Å². The first kappa shape index (κ1) is 10.5. The van der Waals surface area contributed by atoms with E-state index in [2.05, 4.69) is 34.8 Å².